The molecule has 1 saturated heterocycles. The van der Waals surface area contributed by atoms with Gasteiger partial charge < -0.3 is 14.5 Å². The van der Waals surface area contributed by atoms with Gasteiger partial charge in [0, 0.05) is 37.7 Å². The second-order valence-corrected chi connectivity index (χ2v) is 8.36. The van der Waals surface area contributed by atoms with Crippen molar-refractivity contribution in [2.45, 2.75) is 33.6 Å². The third-order valence-electron chi connectivity index (χ3n) is 5.46. The Morgan fingerprint density at radius 1 is 1.10 bits per heavy atom. The molecule has 166 valence electrons. The van der Waals surface area contributed by atoms with E-state index in [0.717, 1.165) is 49.5 Å². The minimum atomic E-state index is 0.0752. The van der Waals surface area contributed by atoms with Gasteiger partial charge in [0.25, 0.3) is 0 Å². The molecule has 0 unspecified atom stereocenters. The van der Waals surface area contributed by atoms with Crippen LogP contribution in [0.1, 0.15) is 39.2 Å². The van der Waals surface area contributed by atoms with Gasteiger partial charge in [0.2, 0.25) is 0 Å². The zero-order chi connectivity index (χ0) is 22.1. The number of carbonyl (C=O) groups is 1. The largest absolute Gasteiger partial charge is 0.494 e. The zero-order valence-electron chi connectivity index (χ0n) is 18.7. The Balaban J connectivity index is 1.41. The molecule has 0 aliphatic carbocycles. The van der Waals surface area contributed by atoms with E-state index >= 15 is 0 Å². The van der Waals surface area contributed by atoms with Crippen LogP contribution in [-0.4, -0.2) is 55.0 Å². The SMILES string of the molecule is CCON=Cc1ccc(OCCC(C)(C)CCN2CCN(c3ccncc3)C2=O)cc1. The summed E-state index contributed by atoms with van der Waals surface area (Å²) in [7, 11) is 0. The Bertz CT molecular complexity index is 853. The lowest BCUT2D eigenvalue weighted by Crippen LogP contribution is -2.34. The fourth-order valence-corrected chi connectivity index (χ4v) is 3.38. The highest BCUT2D eigenvalue weighted by molar-refractivity contribution is 5.94. The standard InChI is InChI=1S/C24H32N4O3/c1-4-31-26-19-20-5-7-22(8-6-20)30-18-12-24(2,3)11-15-27-16-17-28(23(27)29)21-9-13-25-14-10-21/h5-10,13-14,19H,4,11-12,15-18H2,1-3H3. The maximum absolute atomic E-state index is 12.7. The van der Waals surface area contributed by atoms with Gasteiger partial charge in [0.15, 0.2) is 0 Å². The molecule has 2 amide bonds. The first-order valence-electron chi connectivity index (χ1n) is 10.8. The first-order chi connectivity index (χ1) is 15.0. The summed E-state index contributed by atoms with van der Waals surface area (Å²) >= 11 is 0. The summed E-state index contributed by atoms with van der Waals surface area (Å²) in [5.74, 6) is 0.840. The van der Waals surface area contributed by atoms with Crippen LogP contribution in [0.3, 0.4) is 0 Å². The Morgan fingerprint density at radius 3 is 2.55 bits per heavy atom. The summed E-state index contributed by atoms with van der Waals surface area (Å²) in [6.45, 7) is 9.77. The molecule has 0 radical (unpaired) electrons. The maximum atomic E-state index is 12.7. The first kappa shape index (κ1) is 22.6. The van der Waals surface area contributed by atoms with Gasteiger partial charge in [0.05, 0.1) is 12.8 Å². The van der Waals surface area contributed by atoms with Crippen LogP contribution >= 0.6 is 0 Å². The van der Waals surface area contributed by atoms with Gasteiger partial charge in [-0.15, -0.1) is 0 Å². The lowest BCUT2D eigenvalue weighted by Gasteiger charge is -2.27. The summed E-state index contributed by atoms with van der Waals surface area (Å²) in [4.78, 5) is 25.5. The Labute approximate surface area is 184 Å². The van der Waals surface area contributed by atoms with Crippen molar-refractivity contribution in [3.8, 4) is 5.75 Å². The molecule has 31 heavy (non-hydrogen) atoms. The molecule has 1 aromatic carbocycles. The van der Waals surface area contributed by atoms with Crippen LogP contribution in [0, 0.1) is 5.41 Å². The summed E-state index contributed by atoms with van der Waals surface area (Å²) < 4.78 is 5.92. The Kier molecular flexibility index (Phi) is 7.87. The predicted octanol–water partition coefficient (Wildman–Crippen LogP) is 4.58. The molecular weight excluding hydrogens is 392 g/mol. The number of hydrogen-bond acceptors (Lipinski definition) is 5. The number of urea groups is 1. The smallest absolute Gasteiger partial charge is 0.324 e. The second kappa shape index (κ2) is 10.8. The molecule has 0 atom stereocenters. The molecular formula is C24H32N4O3. The molecule has 1 aliphatic rings. The molecule has 1 aromatic heterocycles. The number of pyridine rings is 1. The second-order valence-electron chi connectivity index (χ2n) is 8.36. The quantitative estimate of drug-likeness (QED) is 0.391. The van der Waals surface area contributed by atoms with Gasteiger partial charge in [-0.1, -0.05) is 19.0 Å². The number of hydrogen-bond donors (Lipinski definition) is 0. The molecule has 0 bridgehead atoms. The number of amides is 2. The number of benzene rings is 1. The normalized spacial score (nSPS) is 14.5. The molecule has 3 rings (SSSR count). The molecule has 1 fully saturated rings. The lowest BCUT2D eigenvalue weighted by molar-refractivity contribution is 0.160. The van der Waals surface area contributed by atoms with Crippen LogP contribution in [0.25, 0.3) is 0 Å². The van der Waals surface area contributed by atoms with E-state index in [0.29, 0.717) is 13.2 Å². The number of oxime groups is 1. The number of carbonyl (C=O) groups excluding carboxylic acids is 1. The molecule has 2 heterocycles. The number of anilines is 1. The van der Waals surface area contributed by atoms with Crippen molar-refractivity contribution < 1.29 is 14.4 Å². The summed E-state index contributed by atoms with van der Waals surface area (Å²) in [5, 5.41) is 3.86. The lowest BCUT2D eigenvalue weighted by atomic mass is 9.86. The molecule has 7 heteroatoms. The highest BCUT2D eigenvalue weighted by Gasteiger charge is 2.30. The number of rotatable bonds is 11. The van der Waals surface area contributed by atoms with Crippen molar-refractivity contribution in [1.82, 2.24) is 9.88 Å². The third-order valence-corrected chi connectivity index (χ3v) is 5.46. The average molecular weight is 425 g/mol. The third kappa shape index (κ3) is 6.70. The van der Waals surface area contributed by atoms with Gasteiger partial charge in [0.1, 0.15) is 12.4 Å². The topological polar surface area (TPSA) is 67.3 Å². The van der Waals surface area contributed by atoms with E-state index in [1.54, 1.807) is 18.6 Å². The van der Waals surface area contributed by atoms with E-state index in [1.807, 2.05) is 53.1 Å². The van der Waals surface area contributed by atoms with Gasteiger partial charge in [-0.2, -0.15) is 0 Å². The summed E-state index contributed by atoms with van der Waals surface area (Å²) in [6, 6.07) is 11.6. The van der Waals surface area contributed by atoms with E-state index in [2.05, 4.69) is 24.0 Å². The average Bonchev–Trinajstić information content (AvgIpc) is 3.14. The van der Waals surface area contributed by atoms with E-state index < -0.39 is 0 Å². The molecule has 0 saturated carbocycles. The molecule has 0 N–H and O–H groups in total. The van der Waals surface area contributed by atoms with E-state index in [4.69, 9.17) is 9.57 Å². The van der Waals surface area contributed by atoms with Crippen molar-refractivity contribution in [1.29, 1.82) is 0 Å². The van der Waals surface area contributed by atoms with Crippen molar-refractivity contribution in [3.63, 3.8) is 0 Å². The van der Waals surface area contributed by atoms with Crippen molar-refractivity contribution in [2.75, 3.05) is 37.7 Å². The maximum Gasteiger partial charge on any atom is 0.324 e. The fourth-order valence-electron chi connectivity index (χ4n) is 3.38. The van der Waals surface area contributed by atoms with Crippen molar-refractivity contribution >= 4 is 17.9 Å². The number of aromatic nitrogens is 1. The zero-order valence-corrected chi connectivity index (χ0v) is 18.7. The minimum Gasteiger partial charge on any atom is -0.494 e. The molecule has 1 aliphatic heterocycles. The predicted molar refractivity (Wildman–Crippen MR) is 123 cm³/mol. The fraction of sp³-hybridized carbons (Fsp3) is 0.458. The molecule has 2 aromatic rings. The molecule has 0 spiro atoms. The van der Waals surface area contributed by atoms with Crippen LogP contribution in [0.4, 0.5) is 10.5 Å². The number of nitrogens with zero attached hydrogens (tertiary/aromatic N) is 4. The monoisotopic (exact) mass is 424 g/mol. The number of ether oxygens (including phenoxy) is 1. The van der Waals surface area contributed by atoms with Crippen LogP contribution in [-0.2, 0) is 4.84 Å². The van der Waals surface area contributed by atoms with Crippen LogP contribution in [0.5, 0.6) is 5.75 Å². The Morgan fingerprint density at radius 2 is 1.84 bits per heavy atom. The molecule has 7 nitrogen and oxygen atoms in total. The van der Waals surface area contributed by atoms with E-state index in [-0.39, 0.29) is 11.4 Å². The Hall–Kier alpha value is -3.09. The van der Waals surface area contributed by atoms with Crippen molar-refractivity contribution in [3.05, 3.63) is 54.4 Å². The summed E-state index contributed by atoms with van der Waals surface area (Å²) in [6.07, 6.45) is 6.97. The van der Waals surface area contributed by atoms with Crippen molar-refractivity contribution in [2.24, 2.45) is 10.6 Å². The van der Waals surface area contributed by atoms with Gasteiger partial charge in [-0.25, -0.2) is 4.79 Å². The van der Waals surface area contributed by atoms with Gasteiger partial charge in [-0.05, 0) is 67.1 Å². The van der Waals surface area contributed by atoms with Crippen LogP contribution in [0.2, 0.25) is 0 Å². The van der Waals surface area contributed by atoms with E-state index in [1.165, 1.54) is 0 Å². The minimum absolute atomic E-state index is 0.0752. The van der Waals surface area contributed by atoms with Gasteiger partial charge in [-0.3, -0.25) is 9.88 Å². The van der Waals surface area contributed by atoms with E-state index in [9.17, 15) is 4.79 Å². The highest BCUT2D eigenvalue weighted by atomic mass is 16.6. The summed E-state index contributed by atoms with van der Waals surface area (Å²) in [5.41, 5.74) is 1.96. The highest BCUT2D eigenvalue weighted by Crippen LogP contribution is 2.27. The van der Waals surface area contributed by atoms with Crippen LogP contribution in [0.15, 0.2) is 53.9 Å². The van der Waals surface area contributed by atoms with Crippen LogP contribution < -0.4 is 9.64 Å². The van der Waals surface area contributed by atoms with Gasteiger partial charge >= 0.3 is 6.03 Å². The first-order valence-corrected chi connectivity index (χ1v) is 10.8.